The molecule has 1 N–H and O–H groups in total. The Hall–Kier alpha value is -0.870. The van der Waals surface area contributed by atoms with E-state index in [-0.39, 0.29) is 6.04 Å². The number of nitrogens with zero attached hydrogens (tertiary/aromatic N) is 2. The Labute approximate surface area is 110 Å². The van der Waals surface area contributed by atoms with Gasteiger partial charge in [-0.1, -0.05) is 13.3 Å². The zero-order valence-corrected chi connectivity index (χ0v) is 11.8. The minimum Gasteiger partial charge on any atom is -0.444 e. The molecule has 0 radical (unpaired) electrons. The summed E-state index contributed by atoms with van der Waals surface area (Å²) in [4.78, 5) is 6.86. The summed E-state index contributed by atoms with van der Waals surface area (Å²) in [5.74, 6) is 1.75. The zero-order chi connectivity index (χ0) is 13.0. The van der Waals surface area contributed by atoms with Gasteiger partial charge in [0.1, 0.15) is 5.76 Å². The highest BCUT2D eigenvalue weighted by Gasteiger charge is 2.24. The van der Waals surface area contributed by atoms with Gasteiger partial charge in [-0.25, -0.2) is 4.98 Å². The van der Waals surface area contributed by atoms with Crippen LogP contribution in [0.1, 0.15) is 50.8 Å². The molecule has 102 valence electrons. The van der Waals surface area contributed by atoms with Gasteiger partial charge in [-0.15, -0.1) is 0 Å². The number of hydrogen-bond acceptors (Lipinski definition) is 4. The van der Waals surface area contributed by atoms with E-state index in [1.54, 1.807) is 0 Å². The highest BCUT2D eigenvalue weighted by Crippen LogP contribution is 2.21. The Morgan fingerprint density at radius 1 is 1.61 bits per heavy atom. The van der Waals surface area contributed by atoms with Crippen molar-refractivity contribution in [2.75, 3.05) is 19.6 Å². The lowest BCUT2D eigenvalue weighted by atomic mass is 10.1. The van der Waals surface area contributed by atoms with Gasteiger partial charge in [-0.05, 0) is 33.2 Å². The summed E-state index contributed by atoms with van der Waals surface area (Å²) in [7, 11) is 0. The average Bonchev–Trinajstić information content (AvgIpc) is 2.65. The van der Waals surface area contributed by atoms with Crippen molar-refractivity contribution in [1.82, 2.24) is 15.2 Å². The molecule has 18 heavy (non-hydrogen) atoms. The predicted octanol–water partition coefficient (Wildman–Crippen LogP) is 2.51. The van der Waals surface area contributed by atoms with E-state index in [0.29, 0.717) is 6.04 Å². The molecule has 2 unspecified atom stereocenters. The molecule has 4 heteroatoms. The van der Waals surface area contributed by atoms with Crippen molar-refractivity contribution in [2.24, 2.45) is 0 Å². The molecule has 0 spiro atoms. The summed E-state index contributed by atoms with van der Waals surface area (Å²) in [6.45, 7) is 9.73. The first-order valence-electron chi connectivity index (χ1n) is 7.10. The molecule has 0 amide bonds. The predicted molar refractivity (Wildman–Crippen MR) is 72.5 cm³/mol. The topological polar surface area (TPSA) is 41.3 Å². The zero-order valence-electron chi connectivity index (χ0n) is 11.8. The molecule has 0 aromatic carbocycles. The third-order valence-corrected chi connectivity index (χ3v) is 3.69. The summed E-state index contributed by atoms with van der Waals surface area (Å²) in [5, 5.41) is 3.63. The first-order valence-corrected chi connectivity index (χ1v) is 7.10. The van der Waals surface area contributed by atoms with E-state index in [0.717, 1.165) is 31.3 Å². The minimum atomic E-state index is 0.276. The summed E-state index contributed by atoms with van der Waals surface area (Å²) in [5.41, 5.74) is 0. The number of aromatic nitrogens is 1. The van der Waals surface area contributed by atoms with Crippen LogP contribution in [0.25, 0.3) is 0 Å². The van der Waals surface area contributed by atoms with Gasteiger partial charge in [0.05, 0.1) is 12.2 Å². The van der Waals surface area contributed by atoms with E-state index in [2.05, 4.69) is 29.0 Å². The third kappa shape index (κ3) is 3.33. The maximum atomic E-state index is 5.66. The van der Waals surface area contributed by atoms with E-state index in [1.165, 1.54) is 19.3 Å². The molecule has 1 saturated heterocycles. The molecule has 2 rings (SSSR count). The van der Waals surface area contributed by atoms with E-state index in [4.69, 9.17) is 4.42 Å². The second kappa shape index (κ2) is 6.34. The number of oxazole rings is 1. The SMILES string of the molecule is CCCC1CN(C(C)c2ncc(C)o2)CCCN1. The quantitative estimate of drug-likeness (QED) is 0.892. The molecule has 4 nitrogen and oxygen atoms in total. The molecule has 1 aromatic heterocycles. The Bertz CT molecular complexity index is 364. The monoisotopic (exact) mass is 251 g/mol. The molecule has 2 atom stereocenters. The molecule has 2 heterocycles. The molecule has 0 bridgehead atoms. The normalized spacial score (nSPS) is 23.8. The van der Waals surface area contributed by atoms with Crippen LogP contribution in [0.15, 0.2) is 10.6 Å². The van der Waals surface area contributed by atoms with Crippen LogP contribution in [0.4, 0.5) is 0 Å². The molecule has 1 aliphatic heterocycles. The van der Waals surface area contributed by atoms with Gasteiger partial charge in [0, 0.05) is 19.1 Å². The van der Waals surface area contributed by atoms with Gasteiger partial charge in [-0.2, -0.15) is 0 Å². The van der Waals surface area contributed by atoms with Gasteiger partial charge in [0.25, 0.3) is 0 Å². The van der Waals surface area contributed by atoms with Gasteiger partial charge in [0.15, 0.2) is 0 Å². The smallest absolute Gasteiger partial charge is 0.211 e. The van der Waals surface area contributed by atoms with E-state index < -0.39 is 0 Å². The van der Waals surface area contributed by atoms with Crippen molar-refractivity contribution in [3.63, 3.8) is 0 Å². The summed E-state index contributed by atoms with van der Waals surface area (Å²) in [6.07, 6.45) is 5.49. The maximum Gasteiger partial charge on any atom is 0.211 e. The van der Waals surface area contributed by atoms with E-state index >= 15 is 0 Å². The fourth-order valence-electron chi connectivity index (χ4n) is 2.64. The van der Waals surface area contributed by atoms with Crippen molar-refractivity contribution in [2.45, 2.75) is 52.1 Å². The highest BCUT2D eigenvalue weighted by atomic mass is 16.4. The Kier molecular flexibility index (Phi) is 4.78. The fraction of sp³-hybridized carbons (Fsp3) is 0.786. The third-order valence-electron chi connectivity index (χ3n) is 3.69. The second-order valence-electron chi connectivity index (χ2n) is 5.27. The van der Waals surface area contributed by atoms with Crippen LogP contribution in [0.3, 0.4) is 0 Å². The van der Waals surface area contributed by atoms with Crippen LogP contribution in [-0.2, 0) is 0 Å². The molecule has 1 fully saturated rings. The maximum absolute atomic E-state index is 5.66. The first kappa shape index (κ1) is 13.6. The molecule has 1 aliphatic rings. The van der Waals surface area contributed by atoms with Crippen LogP contribution in [0.2, 0.25) is 0 Å². The number of rotatable bonds is 4. The van der Waals surface area contributed by atoms with Crippen LogP contribution in [0, 0.1) is 6.92 Å². The summed E-state index contributed by atoms with van der Waals surface area (Å²) >= 11 is 0. The lowest BCUT2D eigenvalue weighted by molar-refractivity contribution is 0.176. The van der Waals surface area contributed by atoms with Crippen LogP contribution in [0.5, 0.6) is 0 Å². The van der Waals surface area contributed by atoms with Crippen molar-refractivity contribution < 1.29 is 4.42 Å². The van der Waals surface area contributed by atoms with Crippen LogP contribution in [-0.4, -0.2) is 35.6 Å². The summed E-state index contributed by atoms with van der Waals surface area (Å²) < 4.78 is 5.66. The first-order chi connectivity index (χ1) is 8.70. The molecule has 1 aromatic rings. The lowest BCUT2D eigenvalue weighted by Crippen LogP contribution is -2.38. The number of hydrogen-bond donors (Lipinski definition) is 1. The fourth-order valence-corrected chi connectivity index (χ4v) is 2.64. The van der Waals surface area contributed by atoms with Crippen molar-refractivity contribution in [1.29, 1.82) is 0 Å². The van der Waals surface area contributed by atoms with Crippen molar-refractivity contribution in [3.8, 4) is 0 Å². The van der Waals surface area contributed by atoms with E-state index in [9.17, 15) is 0 Å². The van der Waals surface area contributed by atoms with Gasteiger partial charge < -0.3 is 9.73 Å². The van der Waals surface area contributed by atoms with E-state index in [1.807, 2.05) is 13.1 Å². The molecule has 0 aliphatic carbocycles. The standard InChI is InChI=1S/C14H25N3O/c1-4-6-13-10-17(8-5-7-15-13)12(3)14-16-9-11(2)18-14/h9,12-13,15H,4-8,10H2,1-3H3. The minimum absolute atomic E-state index is 0.276. The number of aryl methyl sites for hydroxylation is 1. The van der Waals surface area contributed by atoms with Gasteiger partial charge in [0.2, 0.25) is 5.89 Å². The molecule has 0 saturated carbocycles. The Morgan fingerprint density at radius 3 is 3.11 bits per heavy atom. The molecular formula is C14H25N3O. The largest absolute Gasteiger partial charge is 0.444 e. The van der Waals surface area contributed by atoms with Crippen molar-refractivity contribution in [3.05, 3.63) is 17.8 Å². The number of nitrogens with one attached hydrogen (secondary N) is 1. The van der Waals surface area contributed by atoms with Crippen LogP contribution < -0.4 is 5.32 Å². The second-order valence-corrected chi connectivity index (χ2v) is 5.27. The van der Waals surface area contributed by atoms with Crippen molar-refractivity contribution >= 4 is 0 Å². The van der Waals surface area contributed by atoms with Crippen LogP contribution >= 0.6 is 0 Å². The van der Waals surface area contributed by atoms with Gasteiger partial charge in [-0.3, -0.25) is 4.90 Å². The van der Waals surface area contributed by atoms with Gasteiger partial charge >= 0.3 is 0 Å². The lowest BCUT2D eigenvalue weighted by Gasteiger charge is -2.28. The summed E-state index contributed by atoms with van der Waals surface area (Å²) in [6, 6.07) is 0.883. The highest BCUT2D eigenvalue weighted by molar-refractivity contribution is 4.96. The Balaban J connectivity index is 2.01. The average molecular weight is 251 g/mol. The Morgan fingerprint density at radius 2 is 2.44 bits per heavy atom. The molecular weight excluding hydrogens is 226 g/mol.